The van der Waals surface area contributed by atoms with Crippen LogP contribution in [-0.4, -0.2) is 73.6 Å². The van der Waals surface area contributed by atoms with Gasteiger partial charge < -0.3 is 28.9 Å². The highest BCUT2D eigenvalue weighted by atomic mass is 31.1. The summed E-state index contributed by atoms with van der Waals surface area (Å²) in [6, 6.07) is 9.13. The summed E-state index contributed by atoms with van der Waals surface area (Å²) < 4.78 is 10.0. The molecule has 7 nitrogen and oxygen atoms in total. The molecule has 0 aliphatic rings. The van der Waals surface area contributed by atoms with Crippen LogP contribution in [0, 0.1) is 0 Å². The highest BCUT2D eigenvalue weighted by molar-refractivity contribution is 7.51. The Labute approximate surface area is 168 Å². The summed E-state index contributed by atoms with van der Waals surface area (Å²) in [5.74, 6) is -0.500. The molecule has 0 radical (unpaired) electrons. The van der Waals surface area contributed by atoms with Gasteiger partial charge in [-0.05, 0) is 12.4 Å². The predicted octanol–water partition coefficient (Wildman–Crippen LogP) is 0.606. The van der Waals surface area contributed by atoms with Gasteiger partial charge >= 0.3 is 13.1 Å². The van der Waals surface area contributed by atoms with E-state index in [0.29, 0.717) is 16.6 Å². The molecule has 0 aliphatic heterocycles. The van der Waals surface area contributed by atoms with Gasteiger partial charge in [-0.1, -0.05) is 43.5 Å². The summed E-state index contributed by atoms with van der Waals surface area (Å²) in [6.07, 6.45) is 1.36. The Morgan fingerprint density at radius 1 is 1.32 bits per heavy atom. The second-order valence-corrected chi connectivity index (χ2v) is 8.67. The smallest absolute Gasteiger partial charge is 0.559 e. The Morgan fingerprint density at radius 2 is 1.89 bits per heavy atom. The number of likely N-dealkylation sites (N-methyl/N-ethyl adjacent to an activating group) is 1. The molecule has 0 spiro atoms. The highest BCUT2D eigenvalue weighted by Gasteiger charge is 2.17. The normalized spacial score (nSPS) is 11.4. The average molecular weight is 410 g/mol. The molecule has 1 aromatic rings. The topological polar surface area (TPSA) is 99.1 Å². The number of hydrogen-bond donors (Lipinski definition) is 2. The van der Waals surface area contributed by atoms with E-state index in [1.54, 1.807) is 19.1 Å². The van der Waals surface area contributed by atoms with Crippen molar-refractivity contribution >= 4 is 31.8 Å². The Kier molecular flexibility index (Phi) is 12.3. The number of nitrogens with zero attached hydrogens (tertiary/aromatic N) is 1. The average Bonchev–Trinajstić information content (AvgIpc) is 2.61. The molecule has 0 saturated heterocycles. The Morgan fingerprint density at radius 3 is 2.36 bits per heavy atom. The molecule has 2 N–H and O–H groups in total. The van der Waals surface area contributed by atoms with E-state index in [9.17, 15) is 19.8 Å². The molecular weight excluding hydrogens is 380 g/mol. The molecule has 1 atom stereocenters. The lowest BCUT2D eigenvalue weighted by Gasteiger charge is -2.22. The maximum Gasteiger partial charge on any atom is 0.559 e. The monoisotopic (exact) mass is 410 g/mol. The number of hydrogen-bond acceptors (Lipinski definition) is 5. The van der Waals surface area contributed by atoms with Crippen LogP contribution in [0.2, 0.25) is 0 Å². The molecule has 0 fully saturated rings. The zero-order valence-corrected chi connectivity index (χ0v) is 17.9. The maximum atomic E-state index is 11.6. The molecule has 0 amide bonds. The Hall–Kier alpha value is -1.96. The number of rotatable bonds is 9. The first-order valence-corrected chi connectivity index (χ1v) is 10.0. The fourth-order valence-corrected chi connectivity index (χ4v) is 2.86. The molecular formula is C19H30BNO6P+. The zero-order valence-electron chi connectivity index (χ0n) is 17.0. The van der Waals surface area contributed by atoms with Crippen LogP contribution in [0.25, 0.3) is 0 Å². The van der Waals surface area contributed by atoms with Crippen molar-refractivity contribution in [2.45, 2.75) is 6.92 Å². The van der Waals surface area contributed by atoms with Gasteiger partial charge in [0.1, 0.15) is 12.8 Å². The Bertz CT molecular complexity index is 673. The van der Waals surface area contributed by atoms with Crippen molar-refractivity contribution in [2.24, 2.45) is 0 Å². The maximum absolute atomic E-state index is 11.6. The van der Waals surface area contributed by atoms with Crippen LogP contribution in [0.15, 0.2) is 55.3 Å². The van der Waals surface area contributed by atoms with Crippen molar-refractivity contribution in [2.75, 3.05) is 40.5 Å². The molecule has 154 valence electrons. The lowest BCUT2D eigenvalue weighted by Crippen LogP contribution is -2.39. The predicted molar refractivity (Wildman–Crippen MR) is 113 cm³/mol. The third-order valence-electron chi connectivity index (χ3n) is 3.09. The number of benzene rings is 1. The summed E-state index contributed by atoms with van der Waals surface area (Å²) in [5, 5.41) is 18.8. The van der Waals surface area contributed by atoms with Gasteiger partial charge in [-0.15, -0.1) is 0 Å². The minimum atomic E-state index is -1.86. The van der Waals surface area contributed by atoms with Gasteiger partial charge in [0, 0.05) is 5.57 Å². The molecule has 1 unspecified atom stereocenters. The number of aliphatic hydroxyl groups is 1. The number of carbonyl (C=O) groups is 1. The molecule has 0 aliphatic carbocycles. The second-order valence-electron chi connectivity index (χ2n) is 6.95. The lowest BCUT2D eigenvalue weighted by molar-refractivity contribution is -0.861. The van der Waals surface area contributed by atoms with Gasteiger partial charge in [0.05, 0.1) is 35.2 Å². The molecule has 0 heterocycles. The van der Waals surface area contributed by atoms with Gasteiger partial charge in [0.25, 0.3) is 5.48 Å². The fraction of sp³-hybridized carbons (Fsp3) is 0.368. The number of carbonyl (C=O) groups excluding carboxylic acids is 1. The number of esters is 1. The second kappa shape index (κ2) is 13.3. The van der Waals surface area contributed by atoms with E-state index in [4.69, 9.17) is 9.39 Å². The van der Waals surface area contributed by atoms with E-state index in [1.807, 2.05) is 39.3 Å². The summed E-state index contributed by atoms with van der Waals surface area (Å²) in [7, 11) is 2.92. The van der Waals surface area contributed by atoms with Crippen molar-refractivity contribution in [3.8, 4) is 0 Å². The molecule has 0 bridgehead atoms. The quantitative estimate of drug-likeness (QED) is 0.155. The number of quaternary nitrogens is 1. The molecule has 28 heavy (non-hydrogen) atoms. The van der Waals surface area contributed by atoms with Crippen LogP contribution in [0.3, 0.4) is 0 Å². The summed E-state index contributed by atoms with van der Waals surface area (Å²) >= 11 is 0. The highest BCUT2D eigenvalue weighted by Crippen LogP contribution is 2.13. The van der Waals surface area contributed by atoms with Gasteiger partial charge in [-0.2, -0.15) is 0 Å². The zero-order chi connectivity index (χ0) is 21.7. The van der Waals surface area contributed by atoms with E-state index in [-0.39, 0.29) is 18.2 Å². The third kappa shape index (κ3) is 12.4. The van der Waals surface area contributed by atoms with Crippen LogP contribution in [0.1, 0.15) is 6.92 Å². The minimum absolute atomic E-state index is 0.0299. The molecule has 0 saturated carbocycles. The molecule has 0 aromatic heterocycles. The van der Waals surface area contributed by atoms with E-state index in [1.165, 1.54) is 6.26 Å². The molecule has 9 heteroatoms. The van der Waals surface area contributed by atoms with E-state index in [2.05, 4.69) is 13.2 Å². The van der Waals surface area contributed by atoms with Crippen LogP contribution < -0.4 is 10.4 Å². The first-order chi connectivity index (χ1) is 13.0. The largest absolute Gasteiger partial charge is 0.628 e. The van der Waals surface area contributed by atoms with Gasteiger partial charge in [-0.25, -0.2) is 4.79 Å². The first kappa shape index (κ1) is 26.0. The third-order valence-corrected chi connectivity index (χ3v) is 4.40. The summed E-state index contributed by atoms with van der Waals surface area (Å²) in [4.78, 5) is 22.6. The fourth-order valence-electron chi connectivity index (χ4n) is 1.76. The van der Waals surface area contributed by atoms with Gasteiger partial charge in [-0.3, -0.25) is 0 Å². The van der Waals surface area contributed by atoms with Crippen molar-refractivity contribution in [1.82, 2.24) is 0 Å². The number of ether oxygens (including phenoxy) is 1. The lowest BCUT2D eigenvalue weighted by atomic mass is 9.80. The van der Waals surface area contributed by atoms with E-state index >= 15 is 0 Å². The van der Waals surface area contributed by atoms with Gasteiger partial charge in [0.15, 0.2) is 6.54 Å². The van der Waals surface area contributed by atoms with Crippen LogP contribution in [-0.2, 0) is 14.2 Å². The van der Waals surface area contributed by atoms with Crippen LogP contribution >= 0.6 is 7.77 Å². The van der Waals surface area contributed by atoms with Crippen molar-refractivity contribution in [3.63, 3.8) is 0 Å². The first-order valence-electron chi connectivity index (χ1n) is 8.60. The van der Waals surface area contributed by atoms with Crippen molar-refractivity contribution in [1.29, 1.82) is 0 Å². The van der Waals surface area contributed by atoms with Crippen LogP contribution in [0.5, 0.6) is 0 Å². The van der Waals surface area contributed by atoms with Crippen molar-refractivity contribution in [3.05, 3.63) is 55.3 Å². The van der Waals surface area contributed by atoms with E-state index < -0.39 is 20.9 Å². The summed E-state index contributed by atoms with van der Waals surface area (Å²) in [6.45, 7) is 8.67. The summed E-state index contributed by atoms with van der Waals surface area (Å²) in [5.41, 5.74) is 0.992. The SMILES string of the molecule is C=C(C)C(=O)OCC/[P+]([O-])=C(\O)C[N+](C)(C)C.C=COB(O)c1ccccc1. The number of aliphatic hydroxyl groups excluding tert-OH is 1. The van der Waals surface area contributed by atoms with Gasteiger partial charge in [0.2, 0.25) is 0 Å². The molecule has 1 aromatic carbocycles. The van der Waals surface area contributed by atoms with Crippen molar-refractivity contribution < 1.29 is 33.7 Å². The standard InChI is InChI=1S/C11H20NO4P.C8H9BO2/c1-9(2)11(14)16-6-7-17(15)10(13)8-12(3,4)5;1-2-11-9(10)8-6-4-3-5-7-8/h1,6-8H2,2-5H3;2-7,10H,1H2/p+1. The molecule has 1 rings (SSSR count). The van der Waals surface area contributed by atoms with Crippen LogP contribution in [0.4, 0.5) is 0 Å². The minimum Gasteiger partial charge on any atom is -0.628 e. The Balaban J connectivity index is 0.000000567. The van der Waals surface area contributed by atoms with E-state index in [0.717, 1.165) is 5.46 Å².